The number of nitrogens with two attached hydrogens (primary N) is 1. The highest BCUT2D eigenvalue weighted by Gasteiger charge is 1.98. The highest BCUT2D eigenvalue weighted by molar-refractivity contribution is 7.13. The van der Waals surface area contributed by atoms with E-state index in [-0.39, 0.29) is 0 Å². The monoisotopic (exact) mass is 239 g/mol. The van der Waals surface area contributed by atoms with Gasteiger partial charge in [-0.15, -0.1) is 22.7 Å². The molecule has 0 aliphatic carbocycles. The van der Waals surface area contributed by atoms with Crippen molar-refractivity contribution in [1.82, 2.24) is 10.3 Å². The van der Waals surface area contributed by atoms with E-state index < -0.39 is 0 Å². The second kappa shape index (κ2) is 5.25. The fourth-order valence-corrected chi connectivity index (χ4v) is 2.55. The molecule has 3 N–H and O–H groups in total. The molecule has 2 aromatic heterocycles. The number of anilines is 1. The first-order valence-electron chi connectivity index (χ1n) is 4.77. The van der Waals surface area contributed by atoms with Gasteiger partial charge < -0.3 is 11.1 Å². The van der Waals surface area contributed by atoms with Gasteiger partial charge in [0.15, 0.2) is 5.13 Å². The standard InChI is InChI=1S/C10H13N3S2/c11-10-13-8(7-15-10)3-4-12-6-9-2-1-5-14-9/h1-2,5,7,12H,3-4,6H2,(H2,11,13). The predicted molar refractivity (Wildman–Crippen MR) is 66.3 cm³/mol. The fourth-order valence-electron chi connectivity index (χ4n) is 1.28. The zero-order chi connectivity index (χ0) is 10.5. The first-order chi connectivity index (χ1) is 7.34. The quantitative estimate of drug-likeness (QED) is 0.786. The molecule has 0 bridgehead atoms. The van der Waals surface area contributed by atoms with E-state index in [1.165, 1.54) is 16.2 Å². The first-order valence-corrected chi connectivity index (χ1v) is 6.53. The van der Waals surface area contributed by atoms with Gasteiger partial charge in [-0.2, -0.15) is 0 Å². The Balaban J connectivity index is 1.67. The SMILES string of the molecule is Nc1nc(CCNCc2cccs2)cs1. The molecule has 2 heterocycles. The van der Waals surface area contributed by atoms with E-state index in [0.29, 0.717) is 5.13 Å². The molecule has 2 rings (SSSR count). The summed E-state index contributed by atoms with van der Waals surface area (Å²) in [7, 11) is 0. The number of hydrogen-bond donors (Lipinski definition) is 2. The van der Waals surface area contributed by atoms with Crippen LogP contribution >= 0.6 is 22.7 Å². The van der Waals surface area contributed by atoms with Gasteiger partial charge in [-0.1, -0.05) is 6.07 Å². The largest absolute Gasteiger partial charge is 0.375 e. The summed E-state index contributed by atoms with van der Waals surface area (Å²) >= 11 is 3.28. The summed E-state index contributed by atoms with van der Waals surface area (Å²) in [6, 6.07) is 4.21. The highest BCUT2D eigenvalue weighted by atomic mass is 32.1. The van der Waals surface area contributed by atoms with Gasteiger partial charge >= 0.3 is 0 Å². The van der Waals surface area contributed by atoms with Crippen LogP contribution in [0.5, 0.6) is 0 Å². The molecule has 0 fully saturated rings. The summed E-state index contributed by atoms with van der Waals surface area (Å²) in [4.78, 5) is 5.57. The molecule has 5 heteroatoms. The molecule has 0 atom stereocenters. The molecule has 80 valence electrons. The van der Waals surface area contributed by atoms with Gasteiger partial charge in [-0.3, -0.25) is 0 Å². The molecule has 2 aromatic rings. The van der Waals surface area contributed by atoms with E-state index in [2.05, 4.69) is 27.8 Å². The second-order valence-corrected chi connectivity index (χ2v) is 5.11. The summed E-state index contributed by atoms with van der Waals surface area (Å²) < 4.78 is 0. The molecule has 0 unspecified atom stereocenters. The van der Waals surface area contributed by atoms with Crippen molar-refractivity contribution in [2.75, 3.05) is 12.3 Å². The Morgan fingerprint density at radius 1 is 1.40 bits per heavy atom. The molecule has 0 aliphatic heterocycles. The molecule has 0 saturated heterocycles. The van der Waals surface area contributed by atoms with Crippen LogP contribution in [0.4, 0.5) is 5.13 Å². The molecular weight excluding hydrogens is 226 g/mol. The molecule has 0 aliphatic rings. The Morgan fingerprint density at radius 3 is 3.00 bits per heavy atom. The molecule has 0 spiro atoms. The van der Waals surface area contributed by atoms with Crippen LogP contribution in [0, 0.1) is 0 Å². The van der Waals surface area contributed by atoms with Crippen molar-refractivity contribution >= 4 is 27.8 Å². The number of nitrogen functional groups attached to an aromatic ring is 1. The van der Waals surface area contributed by atoms with Crippen LogP contribution in [0.25, 0.3) is 0 Å². The van der Waals surface area contributed by atoms with Crippen molar-refractivity contribution in [2.24, 2.45) is 0 Å². The lowest BCUT2D eigenvalue weighted by Gasteiger charge is -2.00. The van der Waals surface area contributed by atoms with Crippen LogP contribution in [-0.2, 0) is 13.0 Å². The van der Waals surface area contributed by atoms with Crippen LogP contribution in [0.3, 0.4) is 0 Å². The minimum Gasteiger partial charge on any atom is -0.375 e. The lowest BCUT2D eigenvalue weighted by Crippen LogP contribution is -2.16. The van der Waals surface area contributed by atoms with Gasteiger partial charge in [0.2, 0.25) is 0 Å². The van der Waals surface area contributed by atoms with Gasteiger partial charge in [-0.05, 0) is 11.4 Å². The molecule has 0 amide bonds. The molecule has 0 aromatic carbocycles. The van der Waals surface area contributed by atoms with E-state index in [0.717, 1.165) is 25.2 Å². The van der Waals surface area contributed by atoms with Crippen molar-refractivity contribution in [1.29, 1.82) is 0 Å². The smallest absolute Gasteiger partial charge is 0.180 e. The maximum absolute atomic E-state index is 5.55. The van der Waals surface area contributed by atoms with Crippen LogP contribution in [-0.4, -0.2) is 11.5 Å². The average molecular weight is 239 g/mol. The molecular formula is C10H13N3S2. The zero-order valence-electron chi connectivity index (χ0n) is 8.27. The third kappa shape index (κ3) is 3.30. The molecule has 3 nitrogen and oxygen atoms in total. The Morgan fingerprint density at radius 2 is 2.33 bits per heavy atom. The van der Waals surface area contributed by atoms with Gasteiger partial charge in [0, 0.05) is 29.8 Å². The van der Waals surface area contributed by atoms with Gasteiger partial charge in [-0.25, -0.2) is 4.98 Å². The van der Waals surface area contributed by atoms with Gasteiger partial charge in [0.25, 0.3) is 0 Å². The summed E-state index contributed by atoms with van der Waals surface area (Å²) in [5, 5.41) is 8.15. The van der Waals surface area contributed by atoms with Crippen molar-refractivity contribution in [3.05, 3.63) is 33.5 Å². The van der Waals surface area contributed by atoms with Crippen LogP contribution < -0.4 is 11.1 Å². The second-order valence-electron chi connectivity index (χ2n) is 3.18. The fraction of sp³-hybridized carbons (Fsp3) is 0.300. The average Bonchev–Trinajstić information content (AvgIpc) is 2.84. The van der Waals surface area contributed by atoms with Crippen LogP contribution in [0.2, 0.25) is 0 Å². The summed E-state index contributed by atoms with van der Waals surface area (Å²) in [6.45, 7) is 1.89. The van der Waals surface area contributed by atoms with Crippen molar-refractivity contribution in [3.63, 3.8) is 0 Å². The Bertz CT molecular complexity index is 394. The van der Waals surface area contributed by atoms with Gasteiger partial charge in [0.05, 0.1) is 5.69 Å². The van der Waals surface area contributed by atoms with E-state index in [1.807, 2.05) is 5.38 Å². The number of aromatic nitrogens is 1. The number of hydrogen-bond acceptors (Lipinski definition) is 5. The van der Waals surface area contributed by atoms with E-state index in [1.54, 1.807) is 11.3 Å². The maximum Gasteiger partial charge on any atom is 0.180 e. The summed E-state index contributed by atoms with van der Waals surface area (Å²) in [5.74, 6) is 0. The summed E-state index contributed by atoms with van der Waals surface area (Å²) in [5.41, 5.74) is 6.63. The predicted octanol–water partition coefficient (Wildman–Crippen LogP) is 2.12. The van der Waals surface area contributed by atoms with E-state index in [9.17, 15) is 0 Å². The highest BCUT2D eigenvalue weighted by Crippen LogP contribution is 2.11. The normalized spacial score (nSPS) is 10.7. The molecule has 15 heavy (non-hydrogen) atoms. The minimum absolute atomic E-state index is 0.656. The lowest BCUT2D eigenvalue weighted by molar-refractivity contribution is 0.688. The number of thiophene rings is 1. The molecule has 0 radical (unpaired) electrons. The Hall–Kier alpha value is -0.910. The van der Waals surface area contributed by atoms with Crippen LogP contribution in [0.15, 0.2) is 22.9 Å². The Kier molecular flexibility index (Phi) is 3.71. The van der Waals surface area contributed by atoms with Gasteiger partial charge in [0.1, 0.15) is 0 Å². The lowest BCUT2D eigenvalue weighted by atomic mass is 10.3. The summed E-state index contributed by atoms with van der Waals surface area (Å²) in [6.07, 6.45) is 0.944. The maximum atomic E-state index is 5.55. The minimum atomic E-state index is 0.656. The number of nitrogens with zero attached hydrogens (tertiary/aromatic N) is 1. The third-order valence-corrected chi connectivity index (χ3v) is 3.61. The Labute approximate surface area is 97.0 Å². The van der Waals surface area contributed by atoms with Crippen molar-refractivity contribution in [2.45, 2.75) is 13.0 Å². The van der Waals surface area contributed by atoms with Crippen molar-refractivity contribution < 1.29 is 0 Å². The topological polar surface area (TPSA) is 50.9 Å². The molecule has 0 saturated carbocycles. The van der Waals surface area contributed by atoms with Crippen LogP contribution in [0.1, 0.15) is 10.6 Å². The number of nitrogens with one attached hydrogen (secondary N) is 1. The van der Waals surface area contributed by atoms with E-state index >= 15 is 0 Å². The van der Waals surface area contributed by atoms with Crippen molar-refractivity contribution in [3.8, 4) is 0 Å². The first kappa shape index (κ1) is 10.6. The number of thiazole rings is 1. The zero-order valence-corrected chi connectivity index (χ0v) is 9.90. The third-order valence-electron chi connectivity index (χ3n) is 2.01. The van der Waals surface area contributed by atoms with E-state index in [4.69, 9.17) is 5.73 Å². The number of rotatable bonds is 5.